The Kier molecular flexibility index (Phi) is 5.84. The molecule has 0 radical (unpaired) electrons. The van der Waals surface area contributed by atoms with Gasteiger partial charge in [-0.2, -0.15) is 0 Å². The first kappa shape index (κ1) is 17.9. The minimum absolute atomic E-state index is 0.0550. The Morgan fingerprint density at radius 1 is 1.08 bits per heavy atom. The topological polar surface area (TPSA) is 49.9 Å². The summed E-state index contributed by atoms with van der Waals surface area (Å²) in [6.07, 6.45) is 0.228. The Morgan fingerprint density at radius 2 is 1.88 bits per heavy atom. The third-order valence-electron chi connectivity index (χ3n) is 4.26. The number of carbonyl (C=O) groups is 2. The normalized spacial score (nSPS) is 14.4. The predicted octanol–water partition coefficient (Wildman–Crippen LogP) is 2.47. The van der Waals surface area contributed by atoms with Crippen LogP contribution in [-0.2, 0) is 16.1 Å². The van der Waals surface area contributed by atoms with Gasteiger partial charge in [-0.05, 0) is 29.8 Å². The minimum Gasteiger partial charge on any atom is -0.493 e. The van der Waals surface area contributed by atoms with Crippen molar-refractivity contribution in [3.05, 3.63) is 66.0 Å². The monoisotopic (exact) mass is 356 g/mol. The van der Waals surface area contributed by atoms with E-state index in [4.69, 9.17) is 4.74 Å². The van der Waals surface area contributed by atoms with Gasteiger partial charge in [-0.15, -0.1) is 0 Å². The van der Waals surface area contributed by atoms with Crippen LogP contribution in [0.4, 0.5) is 4.39 Å². The van der Waals surface area contributed by atoms with E-state index < -0.39 is 0 Å². The van der Waals surface area contributed by atoms with E-state index in [1.165, 1.54) is 12.1 Å². The standard InChI is InChI=1S/C20H21FN2O3/c21-17-6-4-5-16(13-17)14-22-10-11-23(15-20(22)25)19(24)9-12-26-18-7-2-1-3-8-18/h1-8,13H,9-12,14-15H2. The SMILES string of the molecule is O=C(CCOc1ccccc1)N1CCN(Cc2cccc(F)c2)C(=O)C1. The molecule has 0 aromatic heterocycles. The lowest BCUT2D eigenvalue weighted by molar-refractivity contribution is -0.146. The van der Waals surface area contributed by atoms with Crippen LogP contribution in [0.1, 0.15) is 12.0 Å². The summed E-state index contributed by atoms with van der Waals surface area (Å²) in [7, 11) is 0. The number of amides is 2. The van der Waals surface area contributed by atoms with Crippen LogP contribution in [0.2, 0.25) is 0 Å². The van der Waals surface area contributed by atoms with Crippen molar-refractivity contribution in [3.63, 3.8) is 0 Å². The zero-order chi connectivity index (χ0) is 18.4. The zero-order valence-electron chi connectivity index (χ0n) is 14.4. The van der Waals surface area contributed by atoms with Gasteiger partial charge in [0.25, 0.3) is 0 Å². The van der Waals surface area contributed by atoms with E-state index >= 15 is 0 Å². The number of hydrogen-bond acceptors (Lipinski definition) is 3. The molecule has 1 heterocycles. The minimum atomic E-state index is -0.317. The maximum atomic E-state index is 13.3. The predicted molar refractivity (Wildman–Crippen MR) is 95.0 cm³/mol. The summed E-state index contributed by atoms with van der Waals surface area (Å²) in [4.78, 5) is 27.8. The van der Waals surface area contributed by atoms with Crippen molar-refractivity contribution >= 4 is 11.8 Å². The number of carbonyl (C=O) groups excluding carboxylic acids is 2. The summed E-state index contributed by atoms with van der Waals surface area (Å²) in [6, 6.07) is 15.5. The molecule has 26 heavy (non-hydrogen) atoms. The molecule has 5 nitrogen and oxygen atoms in total. The molecule has 1 saturated heterocycles. The second-order valence-corrected chi connectivity index (χ2v) is 6.17. The summed E-state index contributed by atoms with van der Waals surface area (Å²) in [5, 5.41) is 0. The smallest absolute Gasteiger partial charge is 0.242 e. The van der Waals surface area contributed by atoms with Gasteiger partial charge in [0.05, 0.1) is 19.6 Å². The molecule has 0 unspecified atom stereocenters. The van der Waals surface area contributed by atoms with Gasteiger partial charge in [-0.25, -0.2) is 4.39 Å². The van der Waals surface area contributed by atoms with Crippen LogP contribution in [0.25, 0.3) is 0 Å². The number of piperazine rings is 1. The number of nitrogens with zero attached hydrogens (tertiary/aromatic N) is 2. The first-order valence-corrected chi connectivity index (χ1v) is 8.59. The summed E-state index contributed by atoms with van der Waals surface area (Å²) in [5.41, 5.74) is 0.745. The van der Waals surface area contributed by atoms with E-state index in [1.54, 1.807) is 21.9 Å². The Labute approximate surface area is 152 Å². The van der Waals surface area contributed by atoms with Gasteiger partial charge >= 0.3 is 0 Å². The third-order valence-corrected chi connectivity index (χ3v) is 4.26. The average Bonchev–Trinajstić information content (AvgIpc) is 2.64. The highest BCUT2D eigenvalue weighted by Crippen LogP contribution is 2.13. The molecule has 2 aromatic rings. The highest BCUT2D eigenvalue weighted by Gasteiger charge is 2.26. The summed E-state index contributed by atoms with van der Waals surface area (Å²) in [6.45, 7) is 1.61. The van der Waals surface area contributed by atoms with Crippen molar-refractivity contribution in [1.82, 2.24) is 9.80 Å². The number of hydrogen-bond donors (Lipinski definition) is 0. The van der Waals surface area contributed by atoms with Gasteiger partial charge in [-0.1, -0.05) is 30.3 Å². The molecule has 1 aliphatic rings. The fraction of sp³-hybridized carbons (Fsp3) is 0.300. The van der Waals surface area contributed by atoms with E-state index in [1.807, 2.05) is 30.3 Å². The first-order valence-electron chi connectivity index (χ1n) is 8.59. The van der Waals surface area contributed by atoms with Crippen LogP contribution in [0.15, 0.2) is 54.6 Å². The van der Waals surface area contributed by atoms with Crippen LogP contribution < -0.4 is 4.74 Å². The van der Waals surface area contributed by atoms with Gasteiger partial charge in [0.1, 0.15) is 11.6 Å². The van der Waals surface area contributed by atoms with Gasteiger partial charge in [0.15, 0.2) is 0 Å². The number of ether oxygens (including phenoxy) is 1. The molecule has 3 rings (SSSR count). The van der Waals surface area contributed by atoms with Crippen molar-refractivity contribution < 1.29 is 18.7 Å². The maximum absolute atomic E-state index is 13.3. The van der Waals surface area contributed by atoms with Crippen LogP contribution >= 0.6 is 0 Å². The lowest BCUT2D eigenvalue weighted by Crippen LogP contribution is -2.52. The molecule has 2 aromatic carbocycles. The van der Waals surface area contributed by atoms with Crippen LogP contribution in [0.5, 0.6) is 5.75 Å². The molecule has 0 bridgehead atoms. The highest BCUT2D eigenvalue weighted by molar-refractivity contribution is 5.86. The molecule has 0 spiro atoms. The van der Waals surface area contributed by atoms with Crippen LogP contribution in [0.3, 0.4) is 0 Å². The summed E-state index contributed by atoms with van der Waals surface area (Å²) >= 11 is 0. The molecule has 0 aliphatic carbocycles. The fourth-order valence-corrected chi connectivity index (χ4v) is 2.88. The second kappa shape index (κ2) is 8.47. The van der Waals surface area contributed by atoms with Crippen molar-refractivity contribution in [3.8, 4) is 5.75 Å². The molecule has 0 N–H and O–H groups in total. The van der Waals surface area contributed by atoms with E-state index in [2.05, 4.69) is 0 Å². The average molecular weight is 356 g/mol. The van der Waals surface area contributed by atoms with Gasteiger partial charge in [0.2, 0.25) is 11.8 Å². The molecule has 1 fully saturated rings. The second-order valence-electron chi connectivity index (χ2n) is 6.17. The first-order chi connectivity index (χ1) is 12.6. The van der Waals surface area contributed by atoms with Crippen molar-refractivity contribution in [2.24, 2.45) is 0 Å². The van der Waals surface area contributed by atoms with Crippen molar-refractivity contribution in [2.45, 2.75) is 13.0 Å². The van der Waals surface area contributed by atoms with Crippen molar-refractivity contribution in [2.75, 3.05) is 26.2 Å². The van der Waals surface area contributed by atoms with Crippen LogP contribution in [0, 0.1) is 5.82 Å². The quantitative estimate of drug-likeness (QED) is 0.799. The number of rotatable bonds is 6. The Morgan fingerprint density at radius 3 is 2.62 bits per heavy atom. The summed E-state index contributed by atoms with van der Waals surface area (Å²) in [5.74, 6) is 0.177. The third kappa shape index (κ3) is 4.81. The lowest BCUT2D eigenvalue weighted by Gasteiger charge is -2.34. The van der Waals surface area contributed by atoms with E-state index in [-0.39, 0.29) is 37.2 Å². The Hall–Kier alpha value is -2.89. The molecular weight excluding hydrogens is 335 g/mol. The van der Waals surface area contributed by atoms with Crippen molar-refractivity contribution in [1.29, 1.82) is 0 Å². The molecule has 6 heteroatoms. The number of benzene rings is 2. The molecule has 2 amide bonds. The Bertz CT molecular complexity index is 767. The van der Waals surface area contributed by atoms with Crippen LogP contribution in [-0.4, -0.2) is 47.9 Å². The van der Waals surface area contributed by atoms with E-state index in [9.17, 15) is 14.0 Å². The molecule has 0 saturated carbocycles. The number of halogens is 1. The molecule has 1 aliphatic heterocycles. The Balaban J connectivity index is 1.45. The molecule has 0 atom stereocenters. The van der Waals surface area contributed by atoms with Gasteiger partial charge in [0, 0.05) is 19.6 Å². The van der Waals surface area contributed by atoms with E-state index in [0.717, 1.165) is 11.3 Å². The van der Waals surface area contributed by atoms with E-state index in [0.29, 0.717) is 19.6 Å². The number of para-hydroxylation sites is 1. The van der Waals surface area contributed by atoms with Gasteiger partial charge in [-0.3, -0.25) is 9.59 Å². The maximum Gasteiger partial charge on any atom is 0.242 e. The van der Waals surface area contributed by atoms with Gasteiger partial charge < -0.3 is 14.5 Å². The lowest BCUT2D eigenvalue weighted by atomic mass is 10.2. The highest BCUT2D eigenvalue weighted by atomic mass is 19.1. The molecule has 136 valence electrons. The molecular formula is C20H21FN2O3. The fourth-order valence-electron chi connectivity index (χ4n) is 2.88. The zero-order valence-corrected chi connectivity index (χ0v) is 14.4. The summed E-state index contributed by atoms with van der Waals surface area (Å²) < 4.78 is 18.8. The largest absolute Gasteiger partial charge is 0.493 e.